The van der Waals surface area contributed by atoms with Crippen molar-refractivity contribution < 1.29 is 14.7 Å². The number of benzene rings is 1. The number of hydrogen-bond donors (Lipinski definition) is 2. The lowest BCUT2D eigenvalue weighted by atomic mass is 9.81. The third kappa shape index (κ3) is 2.96. The van der Waals surface area contributed by atoms with Crippen molar-refractivity contribution in [2.24, 2.45) is 11.3 Å². The van der Waals surface area contributed by atoms with Crippen molar-refractivity contribution in [2.45, 2.75) is 32.2 Å². The number of urea groups is 1. The molecule has 0 aromatic heterocycles. The minimum atomic E-state index is -0.754. The van der Waals surface area contributed by atoms with Gasteiger partial charge in [-0.1, -0.05) is 34.5 Å². The van der Waals surface area contributed by atoms with E-state index in [0.29, 0.717) is 19.5 Å². The van der Waals surface area contributed by atoms with Crippen molar-refractivity contribution in [3.63, 3.8) is 0 Å². The Balaban J connectivity index is 1.67. The molecule has 2 aliphatic rings. The molecule has 5 nitrogen and oxygen atoms in total. The van der Waals surface area contributed by atoms with Crippen LogP contribution in [0, 0.1) is 11.3 Å². The Bertz CT molecular complexity index is 636. The number of halogens is 1. The Hall–Kier alpha value is -1.56. The molecule has 1 saturated carbocycles. The standard InChI is InChI=1S/C17H21BrN2O3/c1-11(12-4-2-6-14(18)8-12)19-16(23)20-9-13-5-3-7-17(13,10-20)15(21)22/h2,4,6,8,11,13H,3,5,7,9-10H2,1H3,(H,19,23)(H,21,22)/t11?,13-,17+/m0/s1. The zero-order chi connectivity index (χ0) is 16.6. The summed E-state index contributed by atoms with van der Waals surface area (Å²) in [5.74, 6) is -0.665. The van der Waals surface area contributed by atoms with Crippen molar-refractivity contribution in [3.8, 4) is 0 Å². The van der Waals surface area contributed by atoms with Crippen LogP contribution in [0.25, 0.3) is 0 Å². The fraction of sp³-hybridized carbons (Fsp3) is 0.529. The van der Waals surface area contributed by atoms with Gasteiger partial charge in [-0.25, -0.2) is 4.79 Å². The molecule has 23 heavy (non-hydrogen) atoms. The summed E-state index contributed by atoms with van der Waals surface area (Å²) in [4.78, 5) is 25.9. The molecule has 0 radical (unpaired) electrons. The molecule has 1 aromatic carbocycles. The van der Waals surface area contributed by atoms with Crippen molar-refractivity contribution in [1.29, 1.82) is 0 Å². The first kappa shape index (κ1) is 16.3. The monoisotopic (exact) mass is 380 g/mol. The lowest BCUT2D eigenvalue weighted by Crippen LogP contribution is -2.42. The van der Waals surface area contributed by atoms with Gasteiger partial charge in [0.25, 0.3) is 0 Å². The summed E-state index contributed by atoms with van der Waals surface area (Å²) < 4.78 is 0.969. The second-order valence-corrected chi connectivity index (χ2v) is 7.57. The first-order chi connectivity index (χ1) is 10.9. The van der Waals surface area contributed by atoms with Crippen LogP contribution < -0.4 is 5.32 Å². The van der Waals surface area contributed by atoms with Gasteiger partial charge in [0.1, 0.15) is 0 Å². The SMILES string of the molecule is CC(NC(=O)N1C[C@@H]2CCC[C@@]2(C(=O)O)C1)c1cccc(Br)c1. The summed E-state index contributed by atoms with van der Waals surface area (Å²) in [5, 5.41) is 12.6. The van der Waals surface area contributed by atoms with Crippen LogP contribution in [0.2, 0.25) is 0 Å². The highest BCUT2D eigenvalue weighted by Gasteiger charge is 2.55. The zero-order valence-electron chi connectivity index (χ0n) is 13.1. The van der Waals surface area contributed by atoms with Crippen LogP contribution >= 0.6 is 15.9 Å². The van der Waals surface area contributed by atoms with E-state index in [4.69, 9.17) is 0 Å². The molecule has 1 aliphatic heterocycles. The Morgan fingerprint density at radius 3 is 2.91 bits per heavy atom. The van der Waals surface area contributed by atoms with Crippen LogP contribution in [0.15, 0.2) is 28.7 Å². The van der Waals surface area contributed by atoms with Crippen molar-refractivity contribution in [1.82, 2.24) is 10.2 Å². The molecule has 3 atom stereocenters. The van der Waals surface area contributed by atoms with Gasteiger partial charge in [0, 0.05) is 17.6 Å². The van der Waals surface area contributed by atoms with Gasteiger partial charge in [0.15, 0.2) is 0 Å². The fourth-order valence-corrected chi connectivity index (χ4v) is 4.35. The van der Waals surface area contributed by atoms with Gasteiger partial charge in [-0.15, -0.1) is 0 Å². The van der Waals surface area contributed by atoms with E-state index in [2.05, 4.69) is 21.2 Å². The highest BCUT2D eigenvalue weighted by atomic mass is 79.9. The van der Waals surface area contributed by atoms with Crippen molar-refractivity contribution >= 4 is 27.9 Å². The van der Waals surface area contributed by atoms with E-state index >= 15 is 0 Å². The molecule has 2 amide bonds. The molecule has 2 fully saturated rings. The molecule has 1 heterocycles. The number of amides is 2. The second kappa shape index (κ2) is 6.15. The number of carboxylic acids is 1. The molecule has 1 aliphatic carbocycles. The van der Waals surface area contributed by atoms with Gasteiger partial charge in [0.2, 0.25) is 0 Å². The summed E-state index contributed by atoms with van der Waals surface area (Å²) in [7, 11) is 0. The Kier molecular flexibility index (Phi) is 4.36. The van der Waals surface area contributed by atoms with Gasteiger partial charge in [-0.3, -0.25) is 4.79 Å². The topological polar surface area (TPSA) is 69.6 Å². The number of aliphatic carboxylic acids is 1. The molecule has 2 N–H and O–H groups in total. The van der Waals surface area contributed by atoms with Crippen LogP contribution in [0.4, 0.5) is 4.79 Å². The summed E-state index contributed by atoms with van der Waals surface area (Å²) in [5.41, 5.74) is 0.288. The second-order valence-electron chi connectivity index (χ2n) is 6.66. The maximum Gasteiger partial charge on any atom is 0.317 e. The molecule has 1 unspecified atom stereocenters. The molecule has 1 saturated heterocycles. The number of nitrogens with one attached hydrogen (secondary N) is 1. The predicted octanol–water partition coefficient (Wildman–Crippen LogP) is 3.41. The fourth-order valence-electron chi connectivity index (χ4n) is 3.93. The molecule has 0 bridgehead atoms. The number of nitrogens with zero attached hydrogens (tertiary/aromatic N) is 1. The molecule has 0 spiro atoms. The van der Waals surface area contributed by atoms with Crippen molar-refractivity contribution in [3.05, 3.63) is 34.3 Å². The molecular weight excluding hydrogens is 360 g/mol. The van der Waals surface area contributed by atoms with Crippen LogP contribution in [0.3, 0.4) is 0 Å². The number of likely N-dealkylation sites (tertiary alicyclic amines) is 1. The number of carboxylic acid groups (broad SMARTS) is 1. The molecule has 1 aromatic rings. The lowest BCUT2D eigenvalue weighted by molar-refractivity contribution is -0.149. The minimum absolute atomic E-state index is 0.0897. The van der Waals surface area contributed by atoms with E-state index in [-0.39, 0.29) is 18.0 Å². The van der Waals surface area contributed by atoms with Crippen LogP contribution in [-0.2, 0) is 4.79 Å². The van der Waals surface area contributed by atoms with Crippen LogP contribution in [0.1, 0.15) is 37.8 Å². The third-order valence-corrected chi connectivity index (χ3v) is 5.77. The molecule has 6 heteroatoms. The smallest absolute Gasteiger partial charge is 0.317 e. The van der Waals surface area contributed by atoms with Gasteiger partial charge in [-0.05, 0) is 43.4 Å². The van der Waals surface area contributed by atoms with Gasteiger partial charge >= 0.3 is 12.0 Å². The van der Waals surface area contributed by atoms with Gasteiger partial charge in [0.05, 0.1) is 11.5 Å². The Morgan fingerprint density at radius 1 is 1.48 bits per heavy atom. The quantitative estimate of drug-likeness (QED) is 0.843. The van der Waals surface area contributed by atoms with Crippen LogP contribution in [-0.4, -0.2) is 35.1 Å². The first-order valence-electron chi connectivity index (χ1n) is 7.97. The summed E-state index contributed by atoms with van der Waals surface area (Å²) >= 11 is 3.43. The minimum Gasteiger partial charge on any atom is -0.481 e. The highest BCUT2D eigenvalue weighted by Crippen LogP contribution is 2.48. The van der Waals surface area contributed by atoms with E-state index < -0.39 is 11.4 Å². The van der Waals surface area contributed by atoms with E-state index in [1.54, 1.807) is 4.90 Å². The normalized spacial score (nSPS) is 27.6. The van der Waals surface area contributed by atoms with Gasteiger partial charge in [-0.2, -0.15) is 0 Å². The molecule has 3 rings (SSSR count). The maximum atomic E-state index is 12.5. The van der Waals surface area contributed by atoms with Gasteiger partial charge < -0.3 is 15.3 Å². The summed E-state index contributed by atoms with van der Waals surface area (Å²) in [6, 6.07) is 7.52. The number of hydrogen-bond acceptors (Lipinski definition) is 2. The Labute approximate surface area is 144 Å². The van der Waals surface area contributed by atoms with E-state index in [1.807, 2.05) is 31.2 Å². The zero-order valence-corrected chi connectivity index (χ0v) is 14.7. The summed E-state index contributed by atoms with van der Waals surface area (Å²) in [6.45, 7) is 2.80. The molecule has 124 valence electrons. The largest absolute Gasteiger partial charge is 0.481 e. The Morgan fingerprint density at radius 2 is 2.26 bits per heavy atom. The average Bonchev–Trinajstić information content (AvgIpc) is 3.05. The third-order valence-electron chi connectivity index (χ3n) is 5.27. The van der Waals surface area contributed by atoms with E-state index in [9.17, 15) is 14.7 Å². The van der Waals surface area contributed by atoms with E-state index in [0.717, 1.165) is 22.9 Å². The van der Waals surface area contributed by atoms with Crippen LogP contribution in [0.5, 0.6) is 0 Å². The van der Waals surface area contributed by atoms with Crippen molar-refractivity contribution in [2.75, 3.05) is 13.1 Å². The lowest BCUT2D eigenvalue weighted by Gasteiger charge is -2.24. The number of rotatable bonds is 3. The summed E-state index contributed by atoms with van der Waals surface area (Å²) in [6.07, 6.45) is 2.52. The van der Waals surface area contributed by atoms with E-state index in [1.165, 1.54) is 0 Å². The number of carbonyl (C=O) groups is 2. The average molecular weight is 381 g/mol. The number of carbonyl (C=O) groups excluding carboxylic acids is 1. The first-order valence-corrected chi connectivity index (χ1v) is 8.76. The predicted molar refractivity (Wildman–Crippen MR) is 90.1 cm³/mol. The number of fused-ring (bicyclic) bond motifs is 1. The molecular formula is C17H21BrN2O3. The highest BCUT2D eigenvalue weighted by molar-refractivity contribution is 9.10. The maximum absolute atomic E-state index is 12.5.